The van der Waals surface area contributed by atoms with Gasteiger partial charge in [0.05, 0.1) is 5.41 Å². The summed E-state index contributed by atoms with van der Waals surface area (Å²) >= 11 is 0. The van der Waals surface area contributed by atoms with Gasteiger partial charge in [-0.05, 0) is 27.2 Å². The Labute approximate surface area is 75.2 Å². The highest BCUT2D eigenvalue weighted by molar-refractivity contribution is 5.64. The molecule has 67 valence electrons. The Morgan fingerprint density at radius 3 is 2.50 bits per heavy atom. The monoisotopic (exact) mass is 165 g/mol. The molecule has 0 aliphatic rings. The van der Waals surface area contributed by atoms with E-state index in [4.69, 9.17) is 0 Å². The lowest BCUT2D eigenvalue weighted by molar-refractivity contribution is 0.493. The molecule has 0 aromatic rings. The Morgan fingerprint density at radius 2 is 2.08 bits per heavy atom. The third-order valence-electron chi connectivity index (χ3n) is 1.96. The number of hydrogen-bond donors (Lipinski definition) is 0. The molecule has 0 rings (SSSR count). The van der Waals surface area contributed by atoms with Crippen molar-refractivity contribution in [2.24, 2.45) is 5.41 Å². The third kappa shape index (κ3) is 3.51. The van der Waals surface area contributed by atoms with Crippen LogP contribution in [-0.4, -0.2) is 6.29 Å². The molecule has 0 fully saturated rings. The van der Waals surface area contributed by atoms with Crippen LogP contribution in [0.5, 0.6) is 0 Å². The zero-order valence-electron chi connectivity index (χ0n) is 8.35. The van der Waals surface area contributed by atoms with E-state index in [1.54, 1.807) is 0 Å². The van der Waals surface area contributed by atoms with Crippen molar-refractivity contribution in [1.29, 1.82) is 0 Å². The number of hydrogen-bond acceptors (Lipinski definition) is 1. The van der Waals surface area contributed by atoms with Crippen LogP contribution in [0.1, 0.15) is 34.1 Å². The number of carbonyl (C=O) groups excluding carboxylic acids is 1. The summed E-state index contributed by atoms with van der Waals surface area (Å²) in [5, 5.41) is 0. The van der Waals surface area contributed by atoms with E-state index in [1.807, 2.05) is 39.2 Å². The summed E-state index contributed by atoms with van der Waals surface area (Å²) in [7, 11) is 0. The third-order valence-corrected chi connectivity index (χ3v) is 1.96. The lowest BCUT2D eigenvalue weighted by Gasteiger charge is -2.15. The Bertz CT molecular complexity index is 197. The minimum atomic E-state index is -0.446. The average molecular weight is 165 g/mol. The molecule has 0 unspecified atom stereocenters. The van der Waals surface area contributed by atoms with E-state index >= 15 is 0 Å². The molecule has 1 radical (unpaired) electrons. The molecule has 0 aliphatic carbocycles. The summed E-state index contributed by atoms with van der Waals surface area (Å²) in [6.07, 6.45) is 9.05. The minimum Gasteiger partial charge on any atom is -0.290 e. The van der Waals surface area contributed by atoms with E-state index < -0.39 is 5.41 Å². The fraction of sp³-hybridized carbons (Fsp3) is 0.545. The molecular formula is C11H17O. The van der Waals surface area contributed by atoms with Gasteiger partial charge in [0.15, 0.2) is 0 Å². The van der Waals surface area contributed by atoms with E-state index in [-0.39, 0.29) is 0 Å². The van der Waals surface area contributed by atoms with Gasteiger partial charge in [-0.2, -0.15) is 0 Å². The number of rotatable bonds is 4. The van der Waals surface area contributed by atoms with Gasteiger partial charge in [-0.3, -0.25) is 4.79 Å². The van der Waals surface area contributed by atoms with Gasteiger partial charge in [0.25, 0.3) is 0 Å². The van der Waals surface area contributed by atoms with Crippen LogP contribution in [0.3, 0.4) is 0 Å². The quantitative estimate of drug-likeness (QED) is 0.585. The fourth-order valence-electron chi connectivity index (χ4n) is 0.637. The summed E-state index contributed by atoms with van der Waals surface area (Å²) in [4.78, 5) is 10.5. The van der Waals surface area contributed by atoms with Crippen molar-refractivity contribution in [3.05, 3.63) is 23.8 Å². The Hall–Kier alpha value is -0.850. The van der Waals surface area contributed by atoms with Crippen molar-refractivity contribution in [2.75, 3.05) is 0 Å². The van der Waals surface area contributed by atoms with Crippen molar-refractivity contribution < 1.29 is 4.79 Å². The molecule has 12 heavy (non-hydrogen) atoms. The van der Waals surface area contributed by atoms with Gasteiger partial charge in [-0.1, -0.05) is 30.7 Å². The van der Waals surface area contributed by atoms with Gasteiger partial charge < -0.3 is 0 Å². The van der Waals surface area contributed by atoms with Crippen molar-refractivity contribution in [3.63, 3.8) is 0 Å². The van der Waals surface area contributed by atoms with Crippen LogP contribution < -0.4 is 0 Å². The Morgan fingerprint density at radius 1 is 1.50 bits per heavy atom. The lowest BCUT2D eigenvalue weighted by atomic mass is 9.87. The molecule has 0 N–H and O–H groups in total. The first kappa shape index (κ1) is 11.2. The van der Waals surface area contributed by atoms with Gasteiger partial charge >= 0.3 is 0 Å². The average Bonchev–Trinajstić information content (AvgIpc) is 2.05. The van der Waals surface area contributed by atoms with Crippen LogP contribution in [0.4, 0.5) is 0 Å². The molecule has 0 saturated heterocycles. The van der Waals surface area contributed by atoms with Gasteiger partial charge in [-0.15, -0.1) is 0 Å². The van der Waals surface area contributed by atoms with Crippen LogP contribution in [0.2, 0.25) is 0 Å². The second-order valence-electron chi connectivity index (χ2n) is 3.41. The second-order valence-corrected chi connectivity index (χ2v) is 3.41. The van der Waals surface area contributed by atoms with Gasteiger partial charge in [-0.25, -0.2) is 0 Å². The SMILES string of the molecule is CC/C=C/C=C(\C)C(C)(C)[C]=O. The smallest absolute Gasteiger partial charge is 0.208 e. The van der Waals surface area contributed by atoms with E-state index in [1.165, 1.54) is 0 Å². The first-order valence-electron chi connectivity index (χ1n) is 4.27. The molecule has 0 atom stereocenters. The standard InChI is InChI=1S/C11H17O/c1-5-6-7-8-10(2)11(3,4)9-12/h6-8H,5H2,1-4H3/b7-6+,10-8+. The Kier molecular flexibility index (Phi) is 4.57. The zero-order chi connectivity index (χ0) is 9.61. The largest absolute Gasteiger partial charge is 0.290 e. The minimum absolute atomic E-state index is 0.446. The van der Waals surface area contributed by atoms with Crippen LogP contribution in [0.15, 0.2) is 23.8 Å². The second kappa shape index (κ2) is 4.91. The van der Waals surface area contributed by atoms with Crippen molar-refractivity contribution in [1.82, 2.24) is 0 Å². The Balaban J connectivity index is 4.36. The van der Waals surface area contributed by atoms with Crippen molar-refractivity contribution >= 4 is 6.29 Å². The van der Waals surface area contributed by atoms with Crippen LogP contribution in [-0.2, 0) is 4.79 Å². The molecule has 0 aromatic heterocycles. The molecule has 1 nitrogen and oxygen atoms in total. The van der Waals surface area contributed by atoms with Crippen molar-refractivity contribution in [3.8, 4) is 0 Å². The molecule has 0 bridgehead atoms. The summed E-state index contributed by atoms with van der Waals surface area (Å²) in [6.45, 7) is 7.76. The van der Waals surface area contributed by atoms with Crippen molar-refractivity contribution in [2.45, 2.75) is 34.1 Å². The molecule has 0 saturated carbocycles. The molecule has 0 aromatic carbocycles. The predicted molar refractivity (Wildman–Crippen MR) is 52.7 cm³/mol. The van der Waals surface area contributed by atoms with E-state index in [0.717, 1.165) is 12.0 Å². The van der Waals surface area contributed by atoms with Gasteiger partial charge in [0, 0.05) is 0 Å². The maximum atomic E-state index is 10.5. The molecule has 1 heteroatoms. The first-order chi connectivity index (χ1) is 5.54. The van der Waals surface area contributed by atoms with E-state index in [2.05, 4.69) is 13.0 Å². The molecule has 0 spiro atoms. The summed E-state index contributed by atoms with van der Waals surface area (Å²) in [5.41, 5.74) is 0.597. The maximum Gasteiger partial charge on any atom is 0.208 e. The highest BCUT2D eigenvalue weighted by atomic mass is 16.1. The first-order valence-corrected chi connectivity index (χ1v) is 4.27. The topological polar surface area (TPSA) is 17.1 Å². The highest BCUT2D eigenvalue weighted by Gasteiger charge is 2.18. The number of allylic oxidation sites excluding steroid dienone is 4. The summed E-state index contributed by atoms with van der Waals surface area (Å²) < 4.78 is 0. The zero-order valence-corrected chi connectivity index (χ0v) is 8.35. The molecule has 0 amide bonds. The molecule has 0 heterocycles. The predicted octanol–water partition coefficient (Wildman–Crippen LogP) is 3.03. The highest BCUT2D eigenvalue weighted by Crippen LogP contribution is 2.22. The maximum absolute atomic E-state index is 10.5. The lowest BCUT2D eigenvalue weighted by Crippen LogP contribution is -2.13. The summed E-state index contributed by atoms with van der Waals surface area (Å²) in [6, 6.07) is 0. The van der Waals surface area contributed by atoms with E-state index in [0.29, 0.717) is 0 Å². The van der Waals surface area contributed by atoms with Gasteiger partial charge in [0.2, 0.25) is 6.29 Å². The van der Waals surface area contributed by atoms with Crippen LogP contribution in [0, 0.1) is 5.41 Å². The van der Waals surface area contributed by atoms with E-state index in [9.17, 15) is 4.79 Å². The molecular weight excluding hydrogens is 148 g/mol. The normalized spacial score (nSPS) is 13.8. The summed E-state index contributed by atoms with van der Waals surface area (Å²) in [5.74, 6) is 0. The fourth-order valence-corrected chi connectivity index (χ4v) is 0.637. The van der Waals surface area contributed by atoms with Crippen LogP contribution in [0.25, 0.3) is 0 Å². The van der Waals surface area contributed by atoms with Gasteiger partial charge in [0.1, 0.15) is 0 Å². The molecule has 0 aliphatic heterocycles. The van der Waals surface area contributed by atoms with Crippen LogP contribution >= 0.6 is 0 Å².